The van der Waals surface area contributed by atoms with Gasteiger partial charge in [0.25, 0.3) is 0 Å². The second-order valence-electron chi connectivity index (χ2n) is 10.0. The lowest BCUT2D eigenvalue weighted by Gasteiger charge is -2.18. The van der Waals surface area contributed by atoms with Crippen molar-refractivity contribution in [1.82, 2.24) is 0 Å². The van der Waals surface area contributed by atoms with E-state index in [1.165, 1.54) is 6.21 Å². The molecule has 1 aromatic heterocycles. The number of fused-ring (bicyclic) bond motifs is 5. The van der Waals surface area contributed by atoms with Crippen molar-refractivity contribution in [2.45, 2.75) is 34.1 Å². The molecule has 0 aliphatic heterocycles. The minimum absolute atomic E-state index is 0.519. The molecular weight excluding hydrogens is 426 g/mol. The molecule has 0 aliphatic carbocycles. The van der Waals surface area contributed by atoms with Gasteiger partial charge in [-0.1, -0.05) is 99.6 Å². The molecule has 0 aliphatic rings. The van der Waals surface area contributed by atoms with Gasteiger partial charge >= 0.3 is 0 Å². The first-order valence-corrected chi connectivity index (χ1v) is 11.9. The van der Waals surface area contributed by atoms with Crippen molar-refractivity contribution in [2.75, 3.05) is 0 Å². The first kappa shape index (κ1) is 20.5. The van der Waals surface area contributed by atoms with Gasteiger partial charge in [0.05, 0.1) is 0 Å². The number of furan rings is 1. The smallest absolute Gasteiger partial charge is 0.143 e. The monoisotopic (exact) mass is 459 g/mol. The van der Waals surface area contributed by atoms with Crippen LogP contribution in [0.2, 0.25) is 0 Å². The molecule has 5 aromatic rings. The minimum atomic E-state index is -1.45. The third-order valence-corrected chi connectivity index (χ3v) is 6.19. The first-order valence-electron chi connectivity index (χ1n) is 12.9. The van der Waals surface area contributed by atoms with Gasteiger partial charge in [0.1, 0.15) is 11.2 Å². The molecule has 0 unspecified atom stereocenters. The summed E-state index contributed by atoms with van der Waals surface area (Å²) in [4.78, 5) is 0. The average Bonchev–Trinajstić information content (AvgIpc) is 3.27. The van der Waals surface area contributed by atoms with Crippen LogP contribution in [0.4, 0.5) is 0 Å². The van der Waals surface area contributed by atoms with Crippen molar-refractivity contribution >= 4 is 50.1 Å². The van der Waals surface area contributed by atoms with Crippen molar-refractivity contribution in [3.05, 3.63) is 108 Å². The van der Waals surface area contributed by atoms with E-state index in [-0.39, 0.29) is 0 Å². The lowest BCUT2D eigenvalue weighted by atomic mass is 9.87. The van der Waals surface area contributed by atoms with E-state index in [0.29, 0.717) is 5.56 Å². The predicted molar refractivity (Wildman–Crippen MR) is 151 cm³/mol. The molecule has 0 amide bonds. The van der Waals surface area contributed by atoms with Gasteiger partial charge in [-0.25, -0.2) is 0 Å². The maximum atomic E-state index is 8.57. The summed E-state index contributed by atoms with van der Waals surface area (Å²) < 4.78 is 23.6. The summed E-state index contributed by atoms with van der Waals surface area (Å²) in [7, 11) is 0. The molecule has 0 fully saturated rings. The number of hydrogen-bond donors (Lipinski definition) is 1. The zero-order valence-electron chi connectivity index (χ0n) is 22.6. The summed E-state index contributed by atoms with van der Waals surface area (Å²) in [5, 5.41) is 12.2. The molecule has 174 valence electrons. The maximum absolute atomic E-state index is 8.57. The van der Waals surface area contributed by atoms with Crippen molar-refractivity contribution in [3.63, 3.8) is 0 Å². The molecule has 2 heteroatoms. The summed E-state index contributed by atoms with van der Waals surface area (Å²) in [5.41, 5.74) is 5.73. The van der Waals surface area contributed by atoms with Crippen molar-refractivity contribution in [3.8, 4) is 0 Å². The second-order valence-corrected chi connectivity index (χ2v) is 10.0. The first-order chi connectivity index (χ1) is 17.6. The Kier molecular flexibility index (Phi) is 5.28. The molecule has 0 saturated heterocycles. The molecule has 0 saturated carbocycles. The zero-order chi connectivity index (χ0) is 26.4. The van der Waals surface area contributed by atoms with E-state index in [1.54, 1.807) is 6.08 Å². The Labute approximate surface area is 209 Å². The number of hydrogen-bond acceptors (Lipinski definition) is 2. The van der Waals surface area contributed by atoms with E-state index in [0.717, 1.165) is 55.0 Å². The fourth-order valence-electron chi connectivity index (χ4n) is 4.64. The summed E-state index contributed by atoms with van der Waals surface area (Å²) in [6.07, 6.45) is 3.67. The Morgan fingerprint density at radius 2 is 1.57 bits per heavy atom. The molecule has 0 radical (unpaired) electrons. The van der Waals surface area contributed by atoms with Gasteiger partial charge in [0.2, 0.25) is 0 Å². The Morgan fingerprint density at radius 3 is 2.31 bits per heavy atom. The van der Waals surface area contributed by atoms with Crippen LogP contribution in [-0.2, 0) is 6.37 Å². The predicted octanol–water partition coefficient (Wildman–Crippen LogP) is 9.46. The highest BCUT2D eigenvalue weighted by Crippen LogP contribution is 2.37. The van der Waals surface area contributed by atoms with E-state index >= 15 is 0 Å². The third-order valence-electron chi connectivity index (χ3n) is 6.19. The van der Waals surface area contributed by atoms with E-state index in [2.05, 4.69) is 55.5 Å². The Balaban J connectivity index is 1.59. The summed E-state index contributed by atoms with van der Waals surface area (Å²) in [6.45, 7) is 7.79. The molecule has 1 heterocycles. The Hall–Kier alpha value is -3.91. The van der Waals surface area contributed by atoms with Crippen LogP contribution in [0.3, 0.4) is 0 Å². The second kappa shape index (κ2) is 9.03. The highest BCUT2D eigenvalue weighted by Gasteiger charge is 2.15. The standard InChI is InChI=1S/C33H31NO/c1-22(20-26(18-19-34)24-14-12-23(13-15-24)21-33(2,3)4)27-10-7-11-29-30-17-16-25-8-5-6-9-28(25)32(30)35-31(27)29/h5-20,34H,21H2,1-4H3/b22-20+,26-18+,34-19?/i21D2. The topological polar surface area (TPSA) is 37.0 Å². The molecule has 35 heavy (non-hydrogen) atoms. The van der Waals surface area contributed by atoms with E-state index in [9.17, 15) is 0 Å². The zero-order valence-corrected chi connectivity index (χ0v) is 20.6. The number of rotatable bonds is 5. The fraction of sp³-hybridized carbons (Fsp3) is 0.182. The molecule has 5 rings (SSSR count). The highest BCUT2D eigenvalue weighted by atomic mass is 16.3. The number of allylic oxidation sites excluding steroid dienone is 4. The largest absolute Gasteiger partial charge is 0.455 e. The lowest BCUT2D eigenvalue weighted by molar-refractivity contribution is 0.411. The van der Waals surface area contributed by atoms with Crippen LogP contribution >= 0.6 is 0 Å². The summed E-state index contributed by atoms with van der Waals surface area (Å²) in [6, 6.07) is 26.3. The van der Waals surface area contributed by atoms with Gasteiger partial charge < -0.3 is 9.83 Å². The molecule has 2 nitrogen and oxygen atoms in total. The van der Waals surface area contributed by atoms with Gasteiger partial charge in [-0.05, 0) is 58.5 Å². The molecule has 0 bridgehead atoms. The maximum Gasteiger partial charge on any atom is 0.143 e. The van der Waals surface area contributed by atoms with Crippen molar-refractivity contribution in [2.24, 2.45) is 5.41 Å². The van der Waals surface area contributed by atoms with Gasteiger partial charge in [-0.2, -0.15) is 0 Å². The van der Waals surface area contributed by atoms with E-state index < -0.39 is 11.8 Å². The van der Waals surface area contributed by atoms with Crippen LogP contribution < -0.4 is 0 Å². The van der Waals surface area contributed by atoms with Gasteiger partial charge in [0, 0.05) is 30.7 Å². The summed E-state index contributed by atoms with van der Waals surface area (Å²) >= 11 is 0. The van der Waals surface area contributed by atoms with E-state index in [4.69, 9.17) is 12.6 Å². The van der Waals surface area contributed by atoms with Crippen LogP contribution in [0.1, 0.15) is 47.1 Å². The third kappa shape index (κ3) is 4.57. The van der Waals surface area contributed by atoms with Gasteiger partial charge in [0.15, 0.2) is 0 Å². The highest BCUT2D eigenvalue weighted by molar-refractivity contribution is 6.16. The lowest BCUT2D eigenvalue weighted by Crippen LogP contribution is -2.08. The normalized spacial score (nSPS) is 14.4. The van der Waals surface area contributed by atoms with Crippen molar-refractivity contribution < 1.29 is 7.16 Å². The van der Waals surface area contributed by atoms with Crippen molar-refractivity contribution in [1.29, 1.82) is 5.41 Å². The molecular formula is C33H31NO. The quantitative estimate of drug-likeness (QED) is 0.206. The molecule has 0 atom stereocenters. The molecule has 1 N–H and O–H groups in total. The van der Waals surface area contributed by atoms with Crippen LogP contribution in [0.25, 0.3) is 43.9 Å². The van der Waals surface area contributed by atoms with Gasteiger partial charge in [-0.15, -0.1) is 0 Å². The van der Waals surface area contributed by atoms with Gasteiger partial charge in [-0.3, -0.25) is 0 Å². The number of benzene rings is 4. The summed E-state index contributed by atoms with van der Waals surface area (Å²) in [5.74, 6) is 0. The van der Waals surface area contributed by atoms with Crippen LogP contribution in [0.15, 0.2) is 95.4 Å². The molecule has 0 spiro atoms. The number of para-hydroxylation sites is 1. The minimum Gasteiger partial charge on any atom is -0.455 e. The number of nitrogens with one attached hydrogen (secondary N) is 1. The Bertz CT molecular complexity index is 1700. The van der Waals surface area contributed by atoms with Crippen LogP contribution in [0, 0.1) is 10.8 Å². The Morgan fingerprint density at radius 1 is 0.857 bits per heavy atom. The SMILES string of the molecule is [2H]C([2H])(c1ccc(C(=C/C=N)/C=C(\C)c2cccc3c2oc2c4ccccc4ccc32)cc1)C(C)(C)C. The fourth-order valence-corrected chi connectivity index (χ4v) is 4.64. The van der Waals surface area contributed by atoms with E-state index in [1.807, 2.05) is 57.2 Å². The van der Waals surface area contributed by atoms with Crippen LogP contribution in [0.5, 0.6) is 0 Å². The van der Waals surface area contributed by atoms with Crippen LogP contribution in [-0.4, -0.2) is 6.21 Å². The average molecular weight is 460 g/mol. The molecule has 4 aromatic carbocycles.